The van der Waals surface area contributed by atoms with Crippen LogP contribution in [0.25, 0.3) is 0 Å². The number of carbonyl (C=O) groups is 2. The Hall–Kier alpha value is -4.76. The number of rotatable bonds is 8. The number of nitrogens with zero attached hydrogens (tertiary/aromatic N) is 4. The fourth-order valence-corrected chi connectivity index (χ4v) is 4.38. The van der Waals surface area contributed by atoms with Crippen LogP contribution in [0.3, 0.4) is 0 Å². The summed E-state index contributed by atoms with van der Waals surface area (Å²) in [6, 6.07) is 26.2. The van der Waals surface area contributed by atoms with Gasteiger partial charge in [-0.1, -0.05) is 72.3 Å². The molecular formula is C29H25ClN6O3. The molecule has 0 fully saturated rings. The Labute approximate surface area is 230 Å². The lowest BCUT2D eigenvalue weighted by Crippen LogP contribution is -2.48. The van der Waals surface area contributed by atoms with Gasteiger partial charge in [-0.2, -0.15) is 0 Å². The van der Waals surface area contributed by atoms with Crippen molar-refractivity contribution in [2.24, 2.45) is 4.99 Å². The molecule has 3 aromatic carbocycles. The first-order valence-corrected chi connectivity index (χ1v) is 12.6. The second-order valence-corrected chi connectivity index (χ2v) is 9.07. The number of hydrogen-bond donors (Lipinski definition) is 2. The van der Waals surface area contributed by atoms with Gasteiger partial charge < -0.3 is 20.3 Å². The fourth-order valence-electron chi connectivity index (χ4n) is 4.23. The highest BCUT2D eigenvalue weighted by molar-refractivity contribution is 6.29. The molecular weight excluding hydrogens is 516 g/mol. The molecule has 9 nitrogen and oxygen atoms in total. The zero-order valence-electron chi connectivity index (χ0n) is 21.0. The van der Waals surface area contributed by atoms with Gasteiger partial charge in [-0.25, -0.2) is 15.0 Å². The fraction of sp³-hybridized carbons (Fsp3) is 0.138. The zero-order chi connectivity index (χ0) is 27.2. The van der Waals surface area contributed by atoms with Crippen molar-refractivity contribution in [2.45, 2.75) is 12.7 Å². The number of para-hydroxylation sites is 1. The summed E-state index contributed by atoms with van der Waals surface area (Å²) >= 11 is 5.90. The summed E-state index contributed by atoms with van der Waals surface area (Å²) < 4.78 is 5.27. The Morgan fingerprint density at radius 2 is 1.74 bits per heavy atom. The van der Waals surface area contributed by atoms with Crippen molar-refractivity contribution in [1.82, 2.24) is 15.3 Å². The van der Waals surface area contributed by atoms with Crippen LogP contribution in [0.5, 0.6) is 5.75 Å². The predicted molar refractivity (Wildman–Crippen MR) is 150 cm³/mol. The maximum absolute atomic E-state index is 14.0. The third-order valence-electron chi connectivity index (χ3n) is 6.12. The minimum Gasteiger partial charge on any atom is -0.497 e. The molecule has 10 heteroatoms. The predicted octanol–water partition coefficient (Wildman–Crippen LogP) is 4.08. The second kappa shape index (κ2) is 11.7. The van der Waals surface area contributed by atoms with E-state index in [9.17, 15) is 9.59 Å². The number of amides is 2. The molecule has 1 aliphatic heterocycles. The monoisotopic (exact) mass is 540 g/mol. The summed E-state index contributed by atoms with van der Waals surface area (Å²) in [4.78, 5) is 41.3. The van der Waals surface area contributed by atoms with E-state index in [0.717, 1.165) is 22.4 Å². The lowest BCUT2D eigenvalue weighted by Gasteiger charge is -2.25. The van der Waals surface area contributed by atoms with Gasteiger partial charge in [-0.3, -0.25) is 9.59 Å². The molecule has 1 aromatic heterocycles. The van der Waals surface area contributed by atoms with Gasteiger partial charge in [0.15, 0.2) is 0 Å². The molecule has 5 rings (SSSR count). The summed E-state index contributed by atoms with van der Waals surface area (Å²) in [7, 11) is 1.60. The molecule has 0 spiro atoms. The maximum atomic E-state index is 14.0. The van der Waals surface area contributed by atoms with E-state index in [1.807, 2.05) is 78.9 Å². The molecule has 0 radical (unpaired) electrons. The first-order chi connectivity index (χ1) is 19.0. The van der Waals surface area contributed by atoms with Crippen LogP contribution in [-0.4, -0.2) is 47.3 Å². The number of fused-ring (bicyclic) bond motifs is 1. The first kappa shape index (κ1) is 25.9. The quantitative estimate of drug-likeness (QED) is 0.326. The van der Waals surface area contributed by atoms with Crippen LogP contribution in [0.15, 0.2) is 96.2 Å². The first-order valence-electron chi connectivity index (χ1n) is 12.2. The largest absolute Gasteiger partial charge is 0.497 e. The van der Waals surface area contributed by atoms with E-state index in [1.165, 1.54) is 12.4 Å². The number of aliphatic imine (C=N–C) groups is 1. The molecule has 2 N–H and O–H groups in total. The SMILES string of the molecule is COc1ccc(CN2C(=O)C(NC(=O)CNc3cc(Cl)ncn3)N=C(c3ccccc3)c3ccccc32)cc1. The van der Waals surface area contributed by atoms with Crippen LogP contribution in [0.1, 0.15) is 16.7 Å². The number of ether oxygens (including phenoxy) is 1. The summed E-state index contributed by atoms with van der Waals surface area (Å²) in [5, 5.41) is 5.93. The van der Waals surface area contributed by atoms with Crippen molar-refractivity contribution < 1.29 is 14.3 Å². The Bertz CT molecular complexity index is 1510. The van der Waals surface area contributed by atoms with Crippen LogP contribution >= 0.6 is 11.6 Å². The Morgan fingerprint density at radius 3 is 2.49 bits per heavy atom. The average Bonchev–Trinajstić information content (AvgIpc) is 3.08. The van der Waals surface area contributed by atoms with Crippen LogP contribution in [0, 0.1) is 0 Å². The number of benzene rings is 3. The van der Waals surface area contributed by atoms with Crippen molar-refractivity contribution >= 4 is 40.6 Å². The van der Waals surface area contributed by atoms with Crippen molar-refractivity contribution in [3.8, 4) is 5.75 Å². The number of anilines is 2. The second-order valence-electron chi connectivity index (χ2n) is 8.68. The Morgan fingerprint density at radius 1 is 1.00 bits per heavy atom. The highest BCUT2D eigenvalue weighted by Crippen LogP contribution is 2.30. The number of aromatic nitrogens is 2. The van der Waals surface area contributed by atoms with Gasteiger partial charge in [0.2, 0.25) is 12.1 Å². The van der Waals surface area contributed by atoms with Crippen LogP contribution in [0.2, 0.25) is 5.15 Å². The van der Waals surface area contributed by atoms with Crippen molar-refractivity contribution in [1.29, 1.82) is 0 Å². The van der Waals surface area contributed by atoms with Gasteiger partial charge in [0.25, 0.3) is 5.91 Å². The number of methoxy groups -OCH3 is 1. The van der Waals surface area contributed by atoms with E-state index in [1.54, 1.807) is 12.0 Å². The van der Waals surface area contributed by atoms with Gasteiger partial charge in [0.1, 0.15) is 23.0 Å². The minimum absolute atomic E-state index is 0.140. The number of halogens is 1. The third kappa shape index (κ3) is 6.05. The zero-order valence-corrected chi connectivity index (χ0v) is 21.8. The van der Waals surface area contributed by atoms with Gasteiger partial charge in [-0.05, 0) is 23.8 Å². The number of carbonyl (C=O) groups excluding carboxylic acids is 2. The summed E-state index contributed by atoms with van der Waals surface area (Å²) in [5.74, 6) is 0.315. The van der Waals surface area contributed by atoms with Gasteiger partial charge in [-0.15, -0.1) is 0 Å². The highest BCUT2D eigenvalue weighted by Gasteiger charge is 2.33. The van der Waals surface area contributed by atoms with E-state index in [2.05, 4.69) is 20.6 Å². The summed E-state index contributed by atoms with van der Waals surface area (Å²) in [5.41, 5.74) is 3.83. The van der Waals surface area contributed by atoms with Crippen LogP contribution in [-0.2, 0) is 16.1 Å². The van der Waals surface area contributed by atoms with Crippen LogP contribution < -0.4 is 20.3 Å². The van der Waals surface area contributed by atoms with E-state index in [0.29, 0.717) is 17.2 Å². The van der Waals surface area contributed by atoms with Gasteiger partial charge in [0.05, 0.1) is 31.6 Å². The highest BCUT2D eigenvalue weighted by atomic mass is 35.5. The van der Waals surface area contributed by atoms with E-state index in [4.69, 9.17) is 21.3 Å². The smallest absolute Gasteiger partial charge is 0.272 e. The summed E-state index contributed by atoms with van der Waals surface area (Å²) in [6.07, 6.45) is 0.136. The van der Waals surface area contributed by atoms with E-state index < -0.39 is 12.1 Å². The number of benzodiazepines with no additional fused rings is 1. The van der Waals surface area contributed by atoms with Crippen molar-refractivity contribution in [3.05, 3.63) is 113 Å². The maximum Gasteiger partial charge on any atom is 0.272 e. The molecule has 1 atom stereocenters. The summed E-state index contributed by atoms with van der Waals surface area (Å²) in [6.45, 7) is 0.139. The average molecular weight is 541 g/mol. The molecule has 2 heterocycles. The van der Waals surface area contributed by atoms with Crippen molar-refractivity contribution in [2.75, 3.05) is 23.9 Å². The molecule has 39 heavy (non-hydrogen) atoms. The normalized spacial score (nSPS) is 14.6. The van der Waals surface area contributed by atoms with E-state index >= 15 is 0 Å². The molecule has 4 aromatic rings. The third-order valence-corrected chi connectivity index (χ3v) is 6.32. The number of hydrogen-bond acceptors (Lipinski definition) is 7. The molecule has 1 unspecified atom stereocenters. The van der Waals surface area contributed by atoms with Crippen LogP contribution in [0.4, 0.5) is 11.5 Å². The Balaban J connectivity index is 1.48. The number of nitrogens with one attached hydrogen (secondary N) is 2. The molecule has 0 saturated carbocycles. The van der Waals surface area contributed by atoms with Gasteiger partial charge >= 0.3 is 0 Å². The molecule has 0 bridgehead atoms. The van der Waals surface area contributed by atoms with Gasteiger partial charge in [0, 0.05) is 17.2 Å². The minimum atomic E-state index is -1.16. The lowest BCUT2D eigenvalue weighted by molar-refractivity contribution is -0.126. The standard InChI is InChI=1S/C29H25ClN6O3/c1-39-21-13-11-19(12-14-21)17-36-23-10-6-5-9-22(23)27(20-7-3-2-4-8-20)35-28(29(36)38)34-26(37)16-31-25-15-24(30)32-18-33-25/h2-15,18,28H,16-17H2,1H3,(H,34,37)(H,31,32,33). The lowest BCUT2D eigenvalue weighted by atomic mass is 10.00. The molecule has 2 amide bonds. The molecule has 0 aliphatic carbocycles. The topological polar surface area (TPSA) is 109 Å². The molecule has 0 saturated heterocycles. The van der Waals surface area contributed by atoms with Crippen molar-refractivity contribution in [3.63, 3.8) is 0 Å². The van der Waals surface area contributed by atoms with E-state index in [-0.39, 0.29) is 24.1 Å². The Kier molecular flexibility index (Phi) is 7.79. The molecule has 1 aliphatic rings. The molecule has 196 valence electrons.